The number of nitrogens with one attached hydrogen (secondary N) is 2. The lowest BCUT2D eigenvalue weighted by atomic mass is 9.96. The van der Waals surface area contributed by atoms with Crippen LogP contribution in [0.2, 0.25) is 5.02 Å². The first-order valence-corrected chi connectivity index (χ1v) is 9.86. The van der Waals surface area contributed by atoms with Crippen LogP contribution < -0.4 is 10.6 Å². The number of anilines is 1. The van der Waals surface area contributed by atoms with E-state index in [1.165, 1.54) is 7.11 Å². The van der Waals surface area contributed by atoms with Gasteiger partial charge in [0.15, 0.2) is 0 Å². The van der Waals surface area contributed by atoms with Gasteiger partial charge < -0.3 is 10.1 Å². The maximum absolute atomic E-state index is 12.1. The van der Waals surface area contributed by atoms with E-state index in [0.717, 1.165) is 15.6 Å². The van der Waals surface area contributed by atoms with Crippen LogP contribution in [0.15, 0.2) is 46.9 Å². The Morgan fingerprint density at radius 1 is 1.19 bits per heavy atom. The maximum Gasteiger partial charge on any atom is 0.319 e. The smallest absolute Gasteiger partial charge is 0.319 e. The Hall–Kier alpha value is -1.60. The van der Waals surface area contributed by atoms with Crippen LogP contribution in [0.25, 0.3) is 0 Å². The second kappa shape index (κ2) is 10.7. The number of hydrogen-bond donors (Lipinski definition) is 2. The Balaban J connectivity index is 2.47. The van der Waals surface area contributed by atoms with Crippen molar-refractivity contribution < 1.29 is 14.3 Å². The summed E-state index contributed by atoms with van der Waals surface area (Å²) in [4.78, 5) is 23.7. The monoisotopic (exact) mass is 472 g/mol. The SMILES string of the molecule is COC(=O)CN[C@@H](c1ccccc1Cl)c1cc(Br)ccc1NC(=O)CCCl. The maximum atomic E-state index is 12.1. The Labute approximate surface area is 176 Å². The van der Waals surface area contributed by atoms with Gasteiger partial charge in [0.05, 0.1) is 19.7 Å². The summed E-state index contributed by atoms with van der Waals surface area (Å²) in [7, 11) is 1.32. The fourth-order valence-electron chi connectivity index (χ4n) is 2.54. The summed E-state index contributed by atoms with van der Waals surface area (Å²) in [6, 6.07) is 12.4. The summed E-state index contributed by atoms with van der Waals surface area (Å²) in [5, 5.41) is 6.57. The molecule has 1 atom stereocenters. The van der Waals surface area contributed by atoms with E-state index in [0.29, 0.717) is 10.7 Å². The van der Waals surface area contributed by atoms with Crippen molar-refractivity contribution >= 4 is 56.7 Å². The number of amides is 1. The largest absolute Gasteiger partial charge is 0.468 e. The fraction of sp³-hybridized carbons (Fsp3) is 0.263. The number of hydrogen-bond acceptors (Lipinski definition) is 4. The van der Waals surface area contributed by atoms with Crippen molar-refractivity contribution in [3.05, 3.63) is 63.1 Å². The van der Waals surface area contributed by atoms with Gasteiger partial charge in [-0.05, 0) is 35.4 Å². The third-order valence-corrected chi connectivity index (χ3v) is 4.84. The average molecular weight is 474 g/mol. The first kappa shape index (κ1) is 21.7. The number of methoxy groups -OCH3 is 1. The fourth-order valence-corrected chi connectivity index (χ4v) is 3.33. The molecule has 0 saturated carbocycles. The summed E-state index contributed by atoms with van der Waals surface area (Å²) in [6.45, 7) is -0.0199. The van der Waals surface area contributed by atoms with Crippen molar-refractivity contribution in [2.24, 2.45) is 0 Å². The molecule has 144 valence electrons. The van der Waals surface area contributed by atoms with Gasteiger partial charge in [-0.25, -0.2) is 0 Å². The van der Waals surface area contributed by atoms with Gasteiger partial charge in [0.25, 0.3) is 0 Å². The van der Waals surface area contributed by atoms with Gasteiger partial charge in [-0.3, -0.25) is 14.9 Å². The summed E-state index contributed by atoms with van der Waals surface area (Å²) in [5.41, 5.74) is 2.13. The van der Waals surface area contributed by atoms with Gasteiger partial charge in [-0.15, -0.1) is 11.6 Å². The van der Waals surface area contributed by atoms with E-state index in [2.05, 4.69) is 26.6 Å². The first-order chi connectivity index (χ1) is 13.0. The highest BCUT2D eigenvalue weighted by atomic mass is 79.9. The molecule has 1 amide bonds. The molecule has 0 saturated heterocycles. The number of alkyl halides is 1. The molecule has 8 heteroatoms. The third kappa shape index (κ3) is 6.21. The van der Waals surface area contributed by atoms with Gasteiger partial charge in [0.1, 0.15) is 0 Å². The topological polar surface area (TPSA) is 67.4 Å². The van der Waals surface area contributed by atoms with Crippen LogP contribution in [0.5, 0.6) is 0 Å². The van der Waals surface area contributed by atoms with E-state index in [1.807, 2.05) is 30.3 Å². The minimum absolute atomic E-state index is 0.0199. The zero-order chi connectivity index (χ0) is 19.8. The lowest BCUT2D eigenvalue weighted by Gasteiger charge is -2.23. The van der Waals surface area contributed by atoms with Crippen molar-refractivity contribution in [3.8, 4) is 0 Å². The zero-order valence-electron chi connectivity index (χ0n) is 14.6. The highest BCUT2D eigenvalue weighted by Gasteiger charge is 2.22. The molecule has 2 aromatic rings. The molecule has 0 aliphatic heterocycles. The number of carbonyl (C=O) groups excluding carboxylic acids is 2. The van der Waals surface area contributed by atoms with Crippen molar-refractivity contribution in [1.29, 1.82) is 0 Å². The molecular weight excluding hydrogens is 455 g/mol. The van der Waals surface area contributed by atoms with E-state index < -0.39 is 12.0 Å². The zero-order valence-corrected chi connectivity index (χ0v) is 17.7. The molecule has 0 fully saturated rings. The number of carbonyl (C=O) groups is 2. The normalized spacial score (nSPS) is 11.7. The van der Waals surface area contributed by atoms with E-state index in [9.17, 15) is 9.59 Å². The van der Waals surface area contributed by atoms with Crippen LogP contribution in [0, 0.1) is 0 Å². The molecule has 0 heterocycles. The van der Waals surface area contributed by atoms with Crippen LogP contribution in [0.3, 0.4) is 0 Å². The van der Waals surface area contributed by atoms with Crippen molar-refractivity contribution in [2.45, 2.75) is 12.5 Å². The van der Waals surface area contributed by atoms with Gasteiger partial charge in [-0.1, -0.05) is 45.7 Å². The molecule has 2 N–H and O–H groups in total. The molecule has 5 nitrogen and oxygen atoms in total. The number of benzene rings is 2. The highest BCUT2D eigenvalue weighted by Crippen LogP contribution is 2.34. The molecule has 27 heavy (non-hydrogen) atoms. The van der Waals surface area contributed by atoms with Gasteiger partial charge >= 0.3 is 5.97 Å². The van der Waals surface area contributed by atoms with Crippen molar-refractivity contribution in [3.63, 3.8) is 0 Å². The Morgan fingerprint density at radius 2 is 1.93 bits per heavy atom. The molecule has 2 aromatic carbocycles. The number of halogens is 3. The quantitative estimate of drug-likeness (QED) is 0.436. The minimum atomic E-state index is -0.443. The Kier molecular flexibility index (Phi) is 8.57. The molecule has 0 bridgehead atoms. The van der Waals surface area contributed by atoms with Crippen LogP contribution in [0.4, 0.5) is 5.69 Å². The van der Waals surface area contributed by atoms with Crippen LogP contribution in [0.1, 0.15) is 23.6 Å². The lowest BCUT2D eigenvalue weighted by molar-refractivity contribution is -0.139. The second-order valence-corrected chi connectivity index (χ2v) is 7.33. The van der Waals surface area contributed by atoms with Crippen LogP contribution >= 0.6 is 39.1 Å². The second-order valence-electron chi connectivity index (χ2n) is 5.63. The molecule has 0 aliphatic carbocycles. The summed E-state index contributed by atoms with van der Waals surface area (Å²) < 4.78 is 5.55. The van der Waals surface area contributed by atoms with Gasteiger partial charge in [0, 0.05) is 27.5 Å². The van der Waals surface area contributed by atoms with E-state index in [-0.39, 0.29) is 24.8 Å². The lowest BCUT2D eigenvalue weighted by Crippen LogP contribution is -2.30. The standard InChI is InChI=1S/C19H19BrCl2N2O3/c1-27-18(26)11-23-19(13-4-2-3-5-15(13)22)14-10-12(20)6-7-16(14)24-17(25)8-9-21/h2-7,10,19,23H,8-9,11H2,1H3,(H,24,25)/t19-/m0/s1. The van der Waals surface area contributed by atoms with Crippen molar-refractivity contribution in [1.82, 2.24) is 5.32 Å². The highest BCUT2D eigenvalue weighted by molar-refractivity contribution is 9.10. The molecule has 0 unspecified atom stereocenters. The Bertz CT molecular complexity index is 817. The predicted octanol–water partition coefficient (Wildman–Crippen LogP) is 4.52. The molecular formula is C19H19BrCl2N2O3. The summed E-state index contributed by atoms with van der Waals surface area (Å²) in [6.07, 6.45) is 0.198. The predicted molar refractivity (Wildman–Crippen MR) is 111 cm³/mol. The number of ether oxygens (including phenoxy) is 1. The summed E-state index contributed by atoms with van der Waals surface area (Å²) in [5.74, 6) is -0.374. The van der Waals surface area contributed by atoms with Crippen LogP contribution in [-0.2, 0) is 14.3 Å². The first-order valence-electron chi connectivity index (χ1n) is 8.16. The molecule has 0 aliphatic rings. The number of rotatable bonds is 8. The van der Waals surface area contributed by atoms with Gasteiger partial charge in [-0.2, -0.15) is 0 Å². The minimum Gasteiger partial charge on any atom is -0.468 e. The molecule has 2 rings (SSSR count). The molecule has 0 aromatic heterocycles. The Morgan fingerprint density at radius 3 is 2.59 bits per heavy atom. The third-order valence-electron chi connectivity index (χ3n) is 3.81. The van der Waals surface area contributed by atoms with Crippen LogP contribution in [-0.4, -0.2) is 31.4 Å². The van der Waals surface area contributed by atoms with Gasteiger partial charge in [0.2, 0.25) is 5.91 Å². The summed E-state index contributed by atoms with van der Waals surface area (Å²) >= 11 is 15.5. The molecule has 0 spiro atoms. The average Bonchev–Trinajstić information content (AvgIpc) is 2.65. The van der Waals surface area contributed by atoms with E-state index >= 15 is 0 Å². The van der Waals surface area contributed by atoms with E-state index in [1.54, 1.807) is 12.1 Å². The van der Waals surface area contributed by atoms with E-state index in [4.69, 9.17) is 27.9 Å². The van der Waals surface area contributed by atoms with Crippen molar-refractivity contribution in [2.75, 3.05) is 24.9 Å². The number of esters is 1. The molecule has 0 radical (unpaired) electrons.